The van der Waals surface area contributed by atoms with Crippen molar-refractivity contribution < 1.29 is 8.81 Å². The molecule has 0 unspecified atom stereocenters. The lowest BCUT2D eigenvalue weighted by atomic mass is 10.2. The molecule has 2 rings (SSSR count). The largest absolute Gasteiger partial charge is 0.412 e. The molecule has 0 bridgehead atoms. The molecule has 1 aromatic heterocycles. The van der Waals surface area contributed by atoms with Crippen molar-refractivity contribution in [3.8, 4) is 11.5 Å². The molecule has 0 saturated heterocycles. The Morgan fingerprint density at radius 3 is 2.79 bits per heavy atom. The van der Waals surface area contributed by atoms with Crippen LogP contribution in [0.5, 0.6) is 0 Å². The molecule has 0 aliphatic heterocycles. The van der Waals surface area contributed by atoms with E-state index in [1.165, 1.54) is 12.1 Å². The molecule has 14 heavy (non-hydrogen) atoms. The third kappa shape index (κ3) is 1.74. The minimum absolute atomic E-state index is 0.0377. The summed E-state index contributed by atoms with van der Waals surface area (Å²) in [7, 11) is 0. The number of nitrogens with zero attached hydrogens (tertiary/aromatic N) is 2. The second-order valence-corrected chi connectivity index (χ2v) is 3.79. The molecule has 0 aliphatic carbocycles. The van der Waals surface area contributed by atoms with Crippen LogP contribution >= 0.6 is 34.2 Å². The third-order valence-corrected chi connectivity index (χ3v) is 2.31. The predicted octanol–water partition coefficient (Wildman–Crippen LogP) is 3.13. The Hall–Kier alpha value is -0.690. The lowest BCUT2D eigenvalue weighted by Gasteiger charge is -1.98. The fraction of sp³-hybridized carbons (Fsp3) is 0. The Bertz CT molecular complexity index is 474. The van der Waals surface area contributed by atoms with Gasteiger partial charge in [-0.1, -0.05) is 17.7 Å². The summed E-state index contributed by atoms with van der Waals surface area (Å²) < 4.78 is 18.9. The fourth-order valence-corrected chi connectivity index (χ4v) is 1.47. The first-order valence-electron chi connectivity index (χ1n) is 3.62. The number of hydrogen-bond acceptors (Lipinski definition) is 3. The highest BCUT2D eigenvalue weighted by Gasteiger charge is 2.13. The van der Waals surface area contributed by atoms with Crippen molar-refractivity contribution in [1.82, 2.24) is 10.2 Å². The molecular weight excluding hydrogens is 321 g/mol. The zero-order chi connectivity index (χ0) is 10.1. The van der Waals surface area contributed by atoms with Gasteiger partial charge in [-0.3, -0.25) is 0 Å². The molecule has 0 saturated carbocycles. The summed E-state index contributed by atoms with van der Waals surface area (Å²) in [5, 5.41) is 7.33. The summed E-state index contributed by atoms with van der Waals surface area (Å²) in [4.78, 5) is 0. The highest BCUT2D eigenvalue weighted by Crippen LogP contribution is 2.26. The molecule has 0 atom stereocenters. The second kappa shape index (κ2) is 3.82. The minimum atomic E-state index is -0.547. The van der Waals surface area contributed by atoms with Gasteiger partial charge in [0.1, 0.15) is 0 Å². The van der Waals surface area contributed by atoms with Gasteiger partial charge in [0.2, 0.25) is 0 Å². The van der Waals surface area contributed by atoms with Crippen LogP contribution in [0.3, 0.4) is 0 Å². The van der Waals surface area contributed by atoms with Gasteiger partial charge < -0.3 is 4.42 Å². The first kappa shape index (κ1) is 9.85. The van der Waals surface area contributed by atoms with Crippen LogP contribution in [0.2, 0.25) is 5.02 Å². The second-order valence-electron chi connectivity index (χ2n) is 2.46. The Morgan fingerprint density at radius 2 is 2.14 bits per heavy atom. The minimum Gasteiger partial charge on any atom is -0.412 e. The van der Waals surface area contributed by atoms with E-state index in [1.54, 1.807) is 6.07 Å². The first-order valence-corrected chi connectivity index (χ1v) is 5.07. The summed E-state index contributed by atoms with van der Waals surface area (Å²) in [5.41, 5.74) is 0.216. The van der Waals surface area contributed by atoms with Gasteiger partial charge >= 0.3 is 0 Å². The van der Waals surface area contributed by atoms with E-state index in [0.29, 0.717) is 3.90 Å². The van der Waals surface area contributed by atoms with Crippen molar-refractivity contribution in [2.24, 2.45) is 0 Å². The molecule has 72 valence electrons. The third-order valence-electron chi connectivity index (χ3n) is 1.58. The number of halogens is 3. The van der Waals surface area contributed by atoms with Gasteiger partial charge in [-0.25, -0.2) is 4.39 Å². The molecule has 1 aromatic carbocycles. The Kier molecular flexibility index (Phi) is 2.69. The number of aromatic nitrogens is 2. The molecule has 2 aromatic rings. The lowest BCUT2D eigenvalue weighted by Crippen LogP contribution is -1.85. The molecule has 1 heterocycles. The smallest absolute Gasteiger partial charge is 0.278 e. The normalized spacial score (nSPS) is 10.5. The van der Waals surface area contributed by atoms with Crippen LogP contribution in [0.15, 0.2) is 22.6 Å². The SMILES string of the molecule is Fc1c(Cl)cccc1-c1nnc(I)o1. The van der Waals surface area contributed by atoms with Gasteiger partial charge in [0, 0.05) is 22.6 Å². The quantitative estimate of drug-likeness (QED) is 0.757. The molecule has 6 heteroatoms. The van der Waals surface area contributed by atoms with Gasteiger partial charge in [-0.15, -0.1) is 10.2 Å². The molecule has 0 aliphatic rings. The standard InChI is InChI=1S/C8H3ClFIN2O/c9-5-3-1-2-4(6(5)10)7-12-13-8(11)14-7/h1-3H. The van der Waals surface area contributed by atoms with Gasteiger partial charge in [-0.05, 0) is 12.1 Å². The van der Waals surface area contributed by atoms with E-state index in [-0.39, 0.29) is 16.5 Å². The highest BCUT2D eigenvalue weighted by molar-refractivity contribution is 14.1. The van der Waals surface area contributed by atoms with Crippen LogP contribution in [0, 0.1) is 9.71 Å². The molecule has 0 radical (unpaired) electrons. The maximum Gasteiger partial charge on any atom is 0.278 e. The maximum absolute atomic E-state index is 13.4. The van der Waals surface area contributed by atoms with Crippen LogP contribution in [0.1, 0.15) is 0 Å². The average Bonchev–Trinajstić information content (AvgIpc) is 2.57. The van der Waals surface area contributed by atoms with E-state index >= 15 is 0 Å². The summed E-state index contributed by atoms with van der Waals surface area (Å²) in [6.45, 7) is 0. The van der Waals surface area contributed by atoms with E-state index in [4.69, 9.17) is 16.0 Å². The first-order chi connectivity index (χ1) is 6.68. The maximum atomic E-state index is 13.4. The average molecular weight is 324 g/mol. The molecule has 0 N–H and O–H groups in total. The highest BCUT2D eigenvalue weighted by atomic mass is 127. The van der Waals surface area contributed by atoms with Crippen molar-refractivity contribution in [2.45, 2.75) is 0 Å². The molecule has 0 fully saturated rings. The Balaban J connectivity index is 2.57. The van der Waals surface area contributed by atoms with Crippen molar-refractivity contribution in [2.75, 3.05) is 0 Å². The van der Waals surface area contributed by atoms with E-state index in [0.717, 1.165) is 0 Å². The topological polar surface area (TPSA) is 38.9 Å². The Labute approximate surface area is 97.4 Å². The summed E-state index contributed by atoms with van der Waals surface area (Å²) in [6, 6.07) is 4.62. The van der Waals surface area contributed by atoms with Crippen molar-refractivity contribution >= 4 is 34.2 Å². The van der Waals surface area contributed by atoms with Crippen LogP contribution in [0.25, 0.3) is 11.5 Å². The Morgan fingerprint density at radius 1 is 1.36 bits per heavy atom. The van der Waals surface area contributed by atoms with Crippen LogP contribution < -0.4 is 0 Å². The molecule has 0 spiro atoms. The van der Waals surface area contributed by atoms with E-state index in [1.807, 2.05) is 22.6 Å². The van der Waals surface area contributed by atoms with Crippen LogP contribution in [-0.4, -0.2) is 10.2 Å². The lowest BCUT2D eigenvalue weighted by molar-refractivity contribution is 0.530. The zero-order valence-corrected chi connectivity index (χ0v) is 9.58. The van der Waals surface area contributed by atoms with Gasteiger partial charge in [0.25, 0.3) is 9.79 Å². The van der Waals surface area contributed by atoms with Gasteiger partial charge in [-0.2, -0.15) is 0 Å². The number of rotatable bonds is 1. The van der Waals surface area contributed by atoms with E-state index in [2.05, 4.69) is 10.2 Å². The number of hydrogen-bond donors (Lipinski definition) is 0. The van der Waals surface area contributed by atoms with E-state index < -0.39 is 5.82 Å². The molecule has 0 amide bonds. The van der Waals surface area contributed by atoms with Crippen molar-refractivity contribution in [3.05, 3.63) is 32.9 Å². The summed E-state index contributed by atoms with van der Waals surface area (Å²) >= 11 is 7.46. The van der Waals surface area contributed by atoms with Gasteiger partial charge in [0.15, 0.2) is 5.82 Å². The number of benzene rings is 1. The molecular formula is C8H3ClFIN2O. The van der Waals surface area contributed by atoms with Crippen LogP contribution in [-0.2, 0) is 0 Å². The van der Waals surface area contributed by atoms with E-state index in [9.17, 15) is 4.39 Å². The summed E-state index contributed by atoms with van der Waals surface area (Å²) in [6.07, 6.45) is 0. The van der Waals surface area contributed by atoms with Crippen molar-refractivity contribution in [3.63, 3.8) is 0 Å². The van der Waals surface area contributed by atoms with Crippen molar-refractivity contribution in [1.29, 1.82) is 0 Å². The molecule has 3 nitrogen and oxygen atoms in total. The predicted molar refractivity (Wildman–Crippen MR) is 57.4 cm³/mol. The monoisotopic (exact) mass is 324 g/mol. The zero-order valence-electron chi connectivity index (χ0n) is 6.67. The summed E-state index contributed by atoms with van der Waals surface area (Å²) in [5.74, 6) is -0.413. The fourth-order valence-electron chi connectivity index (χ4n) is 0.983. The van der Waals surface area contributed by atoms with Gasteiger partial charge in [0.05, 0.1) is 10.6 Å². The van der Waals surface area contributed by atoms with Crippen LogP contribution in [0.4, 0.5) is 4.39 Å².